The lowest BCUT2D eigenvalue weighted by molar-refractivity contribution is -0.116. The Labute approximate surface area is 271 Å². The highest BCUT2D eigenvalue weighted by Crippen LogP contribution is 2.31. The maximum absolute atomic E-state index is 13.5. The van der Waals surface area contributed by atoms with E-state index in [1.54, 1.807) is 66.7 Å². The quantitative estimate of drug-likeness (QED) is 0.114. The third-order valence-corrected chi connectivity index (χ3v) is 8.38. The fraction of sp³-hybridized carbons (Fsp3) is 0.147. The molecule has 3 N–H and O–H groups in total. The average Bonchev–Trinajstić information content (AvgIpc) is 3.01. The van der Waals surface area contributed by atoms with Gasteiger partial charge in [0.05, 0.1) is 16.0 Å². The summed E-state index contributed by atoms with van der Waals surface area (Å²) in [7, 11) is 3.89. The zero-order chi connectivity index (χ0) is 31.6. The van der Waals surface area contributed by atoms with Gasteiger partial charge in [-0.05, 0) is 78.7 Å². The monoisotopic (exact) mass is 646 g/mol. The second-order valence-corrected chi connectivity index (χ2v) is 12.1. The van der Waals surface area contributed by atoms with Gasteiger partial charge in [-0.3, -0.25) is 14.4 Å². The van der Waals surface area contributed by atoms with Gasteiger partial charge in [0.2, 0.25) is 5.91 Å². The third-order valence-electron chi connectivity index (χ3n) is 6.47. The van der Waals surface area contributed by atoms with Crippen LogP contribution in [0, 0.1) is 0 Å². The van der Waals surface area contributed by atoms with Crippen LogP contribution in [0.2, 0.25) is 10.0 Å². The number of carbonyl (C=O) groups excluding carboxylic acids is 3. The molecule has 4 aromatic carbocycles. The number of thioether (sulfide) groups is 1. The number of hydrogen-bond donors (Lipinski definition) is 3. The van der Waals surface area contributed by atoms with Crippen LogP contribution >= 0.6 is 35.0 Å². The maximum atomic E-state index is 13.5. The molecule has 4 rings (SSSR count). The van der Waals surface area contributed by atoms with E-state index in [0.717, 1.165) is 16.1 Å². The molecule has 0 aliphatic heterocycles. The Morgan fingerprint density at radius 1 is 0.864 bits per heavy atom. The molecule has 0 aromatic heterocycles. The van der Waals surface area contributed by atoms with Crippen LogP contribution in [-0.2, 0) is 9.59 Å². The van der Waals surface area contributed by atoms with Crippen molar-refractivity contribution in [2.24, 2.45) is 0 Å². The van der Waals surface area contributed by atoms with E-state index in [0.29, 0.717) is 33.4 Å². The minimum Gasteiger partial charge on any atom is -0.378 e. The van der Waals surface area contributed by atoms with Gasteiger partial charge in [0.1, 0.15) is 5.70 Å². The molecule has 0 bridgehead atoms. The van der Waals surface area contributed by atoms with Gasteiger partial charge in [-0.15, -0.1) is 11.8 Å². The van der Waals surface area contributed by atoms with Crippen molar-refractivity contribution in [3.63, 3.8) is 0 Å². The smallest absolute Gasteiger partial charge is 0.272 e. The Hall–Kier alpha value is -4.24. The van der Waals surface area contributed by atoms with Gasteiger partial charge < -0.3 is 20.9 Å². The summed E-state index contributed by atoms with van der Waals surface area (Å²) in [4.78, 5) is 42.3. The molecule has 3 amide bonds. The van der Waals surface area contributed by atoms with E-state index in [2.05, 4.69) is 16.0 Å². The van der Waals surface area contributed by atoms with Crippen molar-refractivity contribution in [2.75, 3.05) is 29.6 Å². The molecule has 0 heterocycles. The molecular formula is C34H32Cl2N4O3S. The summed E-state index contributed by atoms with van der Waals surface area (Å²) < 4.78 is 0. The van der Waals surface area contributed by atoms with E-state index in [9.17, 15) is 14.4 Å². The lowest BCUT2D eigenvalue weighted by Crippen LogP contribution is -2.30. The van der Waals surface area contributed by atoms with Gasteiger partial charge in [-0.2, -0.15) is 0 Å². The summed E-state index contributed by atoms with van der Waals surface area (Å²) in [5.74, 6) is -1.10. The third kappa shape index (κ3) is 9.13. The summed E-state index contributed by atoms with van der Waals surface area (Å²) in [6.07, 6.45) is 2.19. The Balaban J connectivity index is 1.51. The predicted octanol–water partition coefficient (Wildman–Crippen LogP) is 7.98. The standard InChI is InChI=1S/C34H32Cl2N4O3S/c1-4-31(34(43)38-29-18-15-24(35)20-28(29)36)44-27-12-8-11-25(21-27)37-33(42)30(39-32(41)23-9-6-5-7-10-23)19-22-13-16-26(17-14-22)40(2)3/h5-21,31H,4H2,1-3H3,(H,37,42)(H,38,43)(H,39,41)/b30-19+. The molecule has 226 valence electrons. The highest BCUT2D eigenvalue weighted by molar-refractivity contribution is 8.00. The molecule has 1 unspecified atom stereocenters. The van der Waals surface area contributed by atoms with Crippen LogP contribution in [0.4, 0.5) is 17.1 Å². The number of nitrogens with zero attached hydrogens (tertiary/aromatic N) is 1. The molecule has 0 spiro atoms. The minimum absolute atomic E-state index is 0.0835. The zero-order valence-electron chi connectivity index (χ0n) is 24.4. The second kappa shape index (κ2) is 15.5. The van der Waals surface area contributed by atoms with Crippen molar-refractivity contribution in [1.82, 2.24) is 5.32 Å². The molecule has 0 saturated heterocycles. The first-order valence-electron chi connectivity index (χ1n) is 13.8. The molecule has 10 heteroatoms. The molecule has 7 nitrogen and oxygen atoms in total. The van der Waals surface area contributed by atoms with E-state index >= 15 is 0 Å². The first kappa shape index (κ1) is 32.7. The fourth-order valence-corrected chi connectivity index (χ4v) is 5.58. The van der Waals surface area contributed by atoms with Gasteiger partial charge in [0, 0.05) is 41.0 Å². The first-order chi connectivity index (χ1) is 21.1. The highest BCUT2D eigenvalue weighted by Gasteiger charge is 2.20. The largest absolute Gasteiger partial charge is 0.378 e. The highest BCUT2D eigenvalue weighted by atomic mass is 35.5. The first-order valence-corrected chi connectivity index (χ1v) is 15.5. The Kier molecular flexibility index (Phi) is 11.5. The number of nitrogens with one attached hydrogen (secondary N) is 3. The molecule has 0 radical (unpaired) electrons. The number of rotatable bonds is 11. The number of benzene rings is 4. The lowest BCUT2D eigenvalue weighted by atomic mass is 10.1. The van der Waals surface area contributed by atoms with E-state index in [1.165, 1.54) is 11.8 Å². The van der Waals surface area contributed by atoms with Crippen LogP contribution in [0.5, 0.6) is 0 Å². The molecule has 1 atom stereocenters. The Bertz CT molecular complexity index is 1660. The number of halogens is 2. The van der Waals surface area contributed by atoms with Crippen molar-refractivity contribution >= 4 is 75.8 Å². The van der Waals surface area contributed by atoms with E-state index < -0.39 is 17.1 Å². The summed E-state index contributed by atoms with van der Waals surface area (Å²) >= 11 is 13.6. The lowest BCUT2D eigenvalue weighted by Gasteiger charge is -2.16. The zero-order valence-corrected chi connectivity index (χ0v) is 26.8. The van der Waals surface area contributed by atoms with Gasteiger partial charge in [0.15, 0.2) is 0 Å². The maximum Gasteiger partial charge on any atom is 0.272 e. The minimum atomic E-state index is -0.490. The van der Waals surface area contributed by atoms with Crippen molar-refractivity contribution in [3.8, 4) is 0 Å². The van der Waals surface area contributed by atoms with Gasteiger partial charge in [0.25, 0.3) is 11.8 Å². The second-order valence-electron chi connectivity index (χ2n) is 9.97. The summed E-state index contributed by atoms with van der Waals surface area (Å²) in [6.45, 7) is 1.92. The Morgan fingerprint density at radius 3 is 2.25 bits per heavy atom. The van der Waals surface area contributed by atoms with Crippen LogP contribution in [0.3, 0.4) is 0 Å². The summed E-state index contributed by atoms with van der Waals surface area (Å²) in [5.41, 5.74) is 3.26. The normalized spacial score (nSPS) is 11.8. The Morgan fingerprint density at radius 2 is 1.59 bits per heavy atom. The van der Waals surface area contributed by atoms with Crippen LogP contribution < -0.4 is 20.9 Å². The molecular weight excluding hydrogens is 615 g/mol. The molecule has 0 saturated carbocycles. The van der Waals surface area contributed by atoms with Crippen molar-refractivity contribution < 1.29 is 14.4 Å². The molecule has 0 fully saturated rings. The van der Waals surface area contributed by atoms with Crippen LogP contribution in [0.25, 0.3) is 6.08 Å². The van der Waals surface area contributed by atoms with Crippen molar-refractivity contribution in [2.45, 2.75) is 23.5 Å². The average molecular weight is 648 g/mol. The number of hydrogen-bond acceptors (Lipinski definition) is 5. The number of anilines is 3. The van der Waals surface area contributed by atoms with E-state index in [4.69, 9.17) is 23.2 Å². The summed E-state index contributed by atoms with van der Waals surface area (Å²) in [6, 6.07) is 28.4. The molecule has 0 aliphatic carbocycles. The van der Waals surface area contributed by atoms with Crippen LogP contribution in [0.15, 0.2) is 108 Å². The van der Waals surface area contributed by atoms with Gasteiger partial charge in [-0.25, -0.2) is 0 Å². The number of amides is 3. The number of carbonyl (C=O) groups is 3. The van der Waals surface area contributed by atoms with Gasteiger partial charge in [-0.1, -0.05) is 66.5 Å². The van der Waals surface area contributed by atoms with E-state index in [1.807, 2.05) is 62.3 Å². The van der Waals surface area contributed by atoms with Crippen molar-refractivity contribution in [1.29, 1.82) is 0 Å². The molecule has 0 aliphatic rings. The predicted molar refractivity (Wildman–Crippen MR) is 183 cm³/mol. The van der Waals surface area contributed by atoms with E-state index in [-0.39, 0.29) is 11.6 Å². The summed E-state index contributed by atoms with van der Waals surface area (Å²) in [5, 5.41) is 8.93. The van der Waals surface area contributed by atoms with Crippen LogP contribution in [-0.4, -0.2) is 37.1 Å². The SMILES string of the molecule is CCC(Sc1cccc(NC(=O)/C(=C\c2ccc(N(C)C)cc2)NC(=O)c2ccccc2)c1)C(=O)Nc1ccc(Cl)cc1Cl. The molecule has 4 aromatic rings. The van der Waals surface area contributed by atoms with Crippen LogP contribution in [0.1, 0.15) is 29.3 Å². The molecule has 44 heavy (non-hydrogen) atoms. The fourth-order valence-electron chi connectivity index (χ4n) is 4.11. The van der Waals surface area contributed by atoms with Crippen molar-refractivity contribution in [3.05, 3.63) is 124 Å². The topological polar surface area (TPSA) is 90.5 Å². The van der Waals surface area contributed by atoms with Gasteiger partial charge >= 0.3 is 0 Å².